The standard InChI is InChI=1S/C60H115NO8/c1-6-8-10-12-14-16-18-20-21-22-23-24-25-26-27-28-29-30-31-32-33-34-35-36-37-39-41-43-45-47-49-51-58(63)69-56(55-68-60(59(64)65)66-53-52-61(3,4)5)54-67-57(62)50-48-46-44-42-40-38-19-17-15-13-11-9-7-2/h22-23,56,60H,6-21,24-55H2,1-5H3/b23-22-. The van der Waals surface area contributed by atoms with Gasteiger partial charge in [-0.05, 0) is 38.5 Å². The lowest BCUT2D eigenvalue weighted by molar-refractivity contribution is -0.870. The maximum Gasteiger partial charge on any atom is 0.306 e. The summed E-state index contributed by atoms with van der Waals surface area (Å²) in [6.07, 6.45) is 57.1. The van der Waals surface area contributed by atoms with Gasteiger partial charge in [0.15, 0.2) is 12.4 Å². The molecule has 0 aliphatic heterocycles. The number of hydrogen-bond donors (Lipinski definition) is 0. The highest BCUT2D eigenvalue weighted by atomic mass is 16.7. The van der Waals surface area contributed by atoms with Gasteiger partial charge in [0, 0.05) is 12.8 Å². The summed E-state index contributed by atoms with van der Waals surface area (Å²) >= 11 is 0. The predicted molar refractivity (Wildman–Crippen MR) is 288 cm³/mol. The molecular weight excluding hydrogens is 863 g/mol. The number of aliphatic carboxylic acids is 1. The fourth-order valence-electron chi connectivity index (χ4n) is 8.89. The van der Waals surface area contributed by atoms with Crippen molar-refractivity contribution in [1.29, 1.82) is 0 Å². The van der Waals surface area contributed by atoms with Crippen LogP contribution in [0.2, 0.25) is 0 Å². The SMILES string of the molecule is CCCCCCCCCC/C=C\CCCCCCCCCCCCCCCCCCCCCC(=O)OC(COC(=O)CCCCCCCCCCCCCCC)COC(OCC[N+](C)(C)C)C(=O)[O-]. The number of ether oxygens (including phenoxy) is 4. The number of carbonyl (C=O) groups is 3. The first-order valence-electron chi connectivity index (χ1n) is 29.8. The van der Waals surface area contributed by atoms with E-state index in [2.05, 4.69) is 26.0 Å². The van der Waals surface area contributed by atoms with Crippen molar-refractivity contribution in [1.82, 2.24) is 0 Å². The highest BCUT2D eigenvalue weighted by Gasteiger charge is 2.22. The van der Waals surface area contributed by atoms with Gasteiger partial charge in [0.2, 0.25) is 0 Å². The molecule has 0 rings (SSSR count). The minimum absolute atomic E-state index is 0.152. The predicted octanol–water partition coefficient (Wildman–Crippen LogP) is 16.0. The van der Waals surface area contributed by atoms with Gasteiger partial charge in [0.25, 0.3) is 0 Å². The van der Waals surface area contributed by atoms with Gasteiger partial charge < -0.3 is 33.3 Å². The minimum atomic E-state index is -1.61. The number of carboxylic acids is 1. The molecule has 9 nitrogen and oxygen atoms in total. The monoisotopic (exact) mass is 978 g/mol. The van der Waals surface area contributed by atoms with Crippen molar-refractivity contribution in [2.24, 2.45) is 0 Å². The van der Waals surface area contributed by atoms with E-state index in [1.54, 1.807) is 0 Å². The first kappa shape index (κ1) is 67.0. The third kappa shape index (κ3) is 53.7. The fraction of sp³-hybridized carbons (Fsp3) is 0.917. The molecule has 0 radical (unpaired) electrons. The average molecular weight is 979 g/mol. The Morgan fingerprint density at radius 3 is 1.07 bits per heavy atom. The summed E-state index contributed by atoms with van der Waals surface area (Å²) in [5.74, 6) is -2.26. The molecule has 0 aromatic heterocycles. The Balaban J connectivity index is 4.05. The van der Waals surface area contributed by atoms with Crippen LogP contribution in [0.1, 0.15) is 296 Å². The molecule has 0 saturated carbocycles. The van der Waals surface area contributed by atoms with Crippen LogP contribution in [0, 0.1) is 0 Å². The van der Waals surface area contributed by atoms with Crippen molar-refractivity contribution in [2.75, 3.05) is 47.5 Å². The average Bonchev–Trinajstić information content (AvgIpc) is 3.31. The van der Waals surface area contributed by atoms with Gasteiger partial charge in [-0.15, -0.1) is 0 Å². The second-order valence-electron chi connectivity index (χ2n) is 21.6. The lowest BCUT2D eigenvalue weighted by Gasteiger charge is -2.26. The molecule has 0 aliphatic carbocycles. The number of rotatable bonds is 56. The first-order valence-corrected chi connectivity index (χ1v) is 29.8. The van der Waals surface area contributed by atoms with Gasteiger partial charge in [-0.2, -0.15) is 0 Å². The number of nitrogens with zero attached hydrogens (tertiary/aromatic N) is 1. The summed E-state index contributed by atoms with van der Waals surface area (Å²) in [5.41, 5.74) is 0. The van der Waals surface area contributed by atoms with Gasteiger partial charge in [-0.1, -0.05) is 257 Å². The van der Waals surface area contributed by atoms with E-state index in [1.807, 2.05) is 21.1 Å². The van der Waals surface area contributed by atoms with E-state index in [-0.39, 0.29) is 32.2 Å². The summed E-state index contributed by atoms with van der Waals surface area (Å²) in [6.45, 7) is 4.79. The first-order chi connectivity index (χ1) is 33.6. The molecule has 0 fully saturated rings. The van der Waals surface area contributed by atoms with Crippen LogP contribution in [0.5, 0.6) is 0 Å². The molecule has 0 heterocycles. The zero-order valence-corrected chi connectivity index (χ0v) is 46.5. The number of allylic oxidation sites excluding steroid dienone is 2. The number of likely N-dealkylation sites (N-methyl/N-ethyl adjacent to an activating group) is 1. The molecule has 0 spiro atoms. The van der Waals surface area contributed by atoms with Crippen molar-refractivity contribution >= 4 is 17.9 Å². The quantitative estimate of drug-likeness (QED) is 0.0195. The van der Waals surface area contributed by atoms with E-state index >= 15 is 0 Å². The van der Waals surface area contributed by atoms with E-state index in [1.165, 1.54) is 231 Å². The number of carboxylic acid groups (broad SMARTS) is 1. The zero-order valence-electron chi connectivity index (χ0n) is 46.5. The zero-order chi connectivity index (χ0) is 50.6. The van der Waals surface area contributed by atoms with Crippen LogP contribution in [0.3, 0.4) is 0 Å². The van der Waals surface area contributed by atoms with E-state index in [4.69, 9.17) is 18.9 Å². The number of unbranched alkanes of at least 4 members (excludes halogenated alkanes) is 39. The molecule has 2 unspecified atom stereocenters. The molecule has 0 N–H and O–H groups in total. The number of quaternary nitrogens is 1. The summed E-state index contributed by atoms with van der Waals surface area (Å²) in [5, 5.41) is 11.8. The highest BCUT2D eigenvalue weighted by molar-refractivity contribution is 5.70. The lowest BCUT2D eigenvalue weighted by atomic mass is 10.0. The molecule has 0 aromatic carbocycles. The Morgan fingerprint density at radius 2 is 0.739 bits per heavy atom. The molecule has 0 aliphatic rings. The molecular formula is C60H115NO8. The van der Waals surface area contributed by atoms with Crippen LogP contribution in [-0.4, -0.2) is 82.3 Å². The Labute approximate surface area is 427 Å². The Bertz CT molecular complexity index is 1140. The van der Waals surface area contributed by atoms with Crippen LogP contribution >= 0.6 is 0 Å². The maximum atomic E-state index is 12.8. The van der Waals surface area contributed by atoms with Crippen molar-refractivity contribution in [3.8, 4) is 0 Å². The topological polar surface area (TPSA) is 111 Å². The van der Waals surface area contributed by atoms with Crippen LogP contribution < -0.4 is 5.11 Å². The Kier molecular flexibility index (Phi) is 50.9. The van der Waals surface area contributed by atoms with Crippen LogP contribution in [0.15, 0.2) is 12.2 Å². The second kappa shape index (κ2) is 52.4. The van der Waals surface area contributed by atoms with Gasteiger partial charge in [-0.25, -0.2) is 0 Å². The lowest BCUT2D eigenvalue weighted by Crippen LogP contribution is -2.44. The van der Waals surface area contributed by atoms with Gasteiger partial charge in [0.1, 0.15) is 13.2 Å². The Morgan fingerprint density at radius 1 is 0.420 bits per heavy atom. The number of esters is 2. The highest BCUT2D eigenvalue weighted by Crippen LogP contribution is 2.17. The second-order valence-corrected chi connectivity index (χ2v) is 21.6. The van der Waals surface area contributed by atoms with Crippen LogP contribution in [0.4, 0.5) is 0 Å². The van der Waals surface area contributed by atoms with Crippen molar-refractivity contribution in [3.05, 3.63) is 12.2 Å². The third-order valence-corrected chi connectivity index (χ3v) is 13.5. The molecule has 0 amide bonds. The Hall–Kier alpha value is -1.97. The van der Waals surface area contributed by atoms with Gasteiger partial charge >= 0.3 is 11.9 Å². The fourth-order valence-corrected chi connectivity index (χ4v) is 8.89. The molecule has 2 atom stereocenters. The maximum absolute atomic E-state index is 12.8. The molecule has 408 valence electrons. The summed E-state index contributed by atoms with van der Waals surface area (Å²) in [6, 6.07) is 0. The van der Waals surface area contributed by atoms with Crippen molar-refractivity contribution in [3.63, 3.8) is 0 Å². The smallest absolute Gasteiger partial charge is 0.306 e. The largest absolute Gasteiger partial charge is 0.545 e. The van der Waals surface area contributed by atoms with Gasteiger partial charge in [-0.3, -0.25) is 9.59 Å². The molecule has 0 bridgehead atoms. The number of carbonyl (C=O) groups excluding carboxylic acids is 3. The summed E-state index contributed by atoms with van der Waals surface area (Å²) in [7, 11) is 5.93. The van der Waals surface area contributed by atoms with E-state index in [9.17, 15) is 19.5 Å². The van der Waals surface area contributed by atoms with E-state index < -0.39 is 24.3 Å². The van der Waals surface area contributed by atoms with Gasteiger partial charge in [0.05, 0.1) is 40.3 Å². The molecule has 0 aromatic rings. The van der Waals surface area contributed by atoms with E-state index in [0.717, 1.165) is 38.5 Å². The molecule has 0 saturated heterocycles. The normalized spacial score (nSPS) is 12.8. The summed E-state index contributed by atoms with van der Waals surface area (Å²) < 4.78 is 22.7. The van der Waals surface area contributed by atoms with E-state index in [0.29, 0.717) is 17.4 Å². The van der Waals surface area contributed by atoms with Crippen molar-refractivity contribution < 1.29 is 42.9 Å². The molecule has 69 heavy (non-hydrogen) atoms. The van der Waals surface area contributed by atoms with Crippen LogP contribution in [-0.2, 0) is 33.3 Å². The summed E-state index contributed by atoms with van der Waals surface area (Å²) in [4.78, 5) is 37.2. The van der Waals surface area contributed by atoms with Crippen molar-refractivity contribution in [2.45, 2.75) is 309 Å². The minimum Gasteiger partial charge on any atom is -0.545 e. The molecule has 9 heteroatoms. The number of hydrogen-bond acceptors (Lipinski definition) is 8. The third-order valence-electron chi connectivity index (χ3n) is 13.5. The van der Waals surface area contributed by atoms with Crippen LogP contribution in [0.25, 0.3) is 0 Å².